The number of carbonyl (C=O) groups is 1. The molecule has 3 heteroatoms. The van der Waals surface area contributed by atoms with Crippen LogP contribution >= 0.6 is 11.6 Å². The van der Waals surface area contributed by atoms with E-state index >= 15 is 0 Å². The Morgan fingerprint density at radius 2 is 2.20 bits per heavy atom. The molecule has 0 aliphatic rings. The molecule has 1 N–H and O–H groups in total. The molecule has 15 heavy (non-hydrogen) atoms. The Hall–Kier alpha value is -1.02. The lowest BCUT2D eigenvalue weighted by Gasteiger charge is -2.08. The summed E-state index contributed by atoms with van der Waals surface area (Å²) in [7, 11) is 0. The first-order chi connectivity index (χ1) is 7.17. The highest BCUT2D eigenvalue weighted by Crippen LogP contribution is 2.17. The van der Waals surface area contributed by atoms with Gasteiger partial charge in [0.1, 0.15) is 0 Å². The van der Waals surface area contributed by atoms with E-state index in [9.17, 15) is 4.79 Å². The number of hydrogen-bond donors (Lipinski definition) is 1. The van der Waals surface area contributed by atoms with Crippen molar-refractivity contribution in [3.8, 4) is 0 Å². The number of anilines is 1. The van der Waals surface area contributed by atoms with Crippen molar-refractivity contribution in [3.63, 3.8) is 0 Å². The summed E-state index contributed by atoms with van der Waals surface area (Å²) < 4.78 is 0. The molecule has 0 bridgehead atoms. The van der Waals surface area contributed by atoms with Gasteiger partial charge in [0, 0.05) is 18.0 Å². The van der Waals surface area contributed by atoms with Gasteiger partial charge in [-0.1, -0.05) is 19.1 Å². The fraction of sp³-hybridized carbons (Fsp3) is 0.417. The van der Waals surface area contributed by atoms with Gasteiger partial charge in [0.25, 0.3) is 0 Å². The number of hydrogen-bond acceptors (Lipinski definition) is 1. The number of nitrogens with one attached hydrogen (secondary N) is 1. The Kier molecular flexibility index (Phi) is 4.63. The van der Waals surface area contributed by atoms with Gasteiger partial charge in [0.05, 0.1) is 0 Å². The van der Waals surface area contributed by atoms with Crippen molar-refractivity contribution in [1.29, 1.82) is 0 Å². The van der Waals surface area contributed by atoms with Gasteiger partial charge < -0.3 is 5.32 Å². The van der Waals surface area contributed by atoms with Crippen molar-refractivity contribution in [2.24, 2.45) is 0 Å². The predicted molar refractivity (Wildman–Crippen MR) is 64.3 cm³/mol. The van der Waals surface area contributed by atoms with E-state index in [1.54, 1.807) is 0 Å². The van der Waals surface area contributed by atoms with Gasteiger partial charge >= 0.3 is 0 Å². The highest BCUT2D eigenvalue weighted by molar-refractivity contribution is 6.17. The Bertz CT molecular complexity index is 349. The first-order valence-electron chi connectivity index (χ1n) is 5.12. The van der Waals surface area contributed by atoms with Gasteiger partial charge in [0.2, 0.25) is 5.91 Å². The number of amides is 1. The van der Waals surface area contributed by atoms with Crippen LogP contribution in [0.4, 0.5) is 5.69 Å². The van der Waals surface area contributed by atoms with Crippen LogP contribution in [0.1, 0.15) is 30.9 Å². The van der Waals surface area contributed by atoms with E-state index < -0.39 is 0 Å². The Morgan fingerprint density at radius 3 is 2.73 bits per heavy atom. The molecule has 0 aliphatic carbocycles. The first kappa shape index (κ1) is 12.1. The number of halogens is 1. The molecule has 0 fully saturated rings. The molecule has 0 radical (unpaired) electrons. The average Bonchev–Trinajstić information content (AvgIpc) is 2.21. The first-order valence-corrected chi connectivity index (χ1v) is 5.66. The molecule has 1 amide bonds. The van der Waals surface area contributed by atoms with Crippen molar-refractivity contribution >= 4 is 23.2 Å². The Morgan fingerprint density at radius 1 is 1.47 bits per heavy atom. The third-order valence-electron chi connectivity index (χ3n) is 2.20. The lowest BCUT2D eigenvalue weighted by atomic mass is 10.1. The van der Waals surface area contributed by atoms with Gasteiger partial charge in [-0.2, -0.15) is 0 Å². The smallest absolute Gasteiger partial charge is 0.224 e. The fourth-order valence-electron chi connectivity index (χ4n) is 1.39. The van der Waals surface area contributed by atoms with Gasteiger partial charge in [-0.3, -0.25) is 4.79 Å². The summed E-state index contributed by atoms with van der Waals surface area (Å²) >= 11 is 5.72. The zero-order valence-corrected chi connectivity index (χ0v) is 9.90. The van der Waals surface area contributed by atoms with Gasteiger partial charge in [-0.25, -0.2) is 0 Å². The van der Waals surface area contributed by atoms with E-state index in [1.165, 1.54) is 0 Å². The van der Waals surface area contributed by atoms with Crippen LogP contribution in [0.2, 0.25) is 0 Å². The van der Waals surface area contributed by atoms with E-state index in [2.05, 4.69) is 5.32 Å². The second kappa shape index (κ2) is 5.76. The molecule has 0 atom stereocenters. The van der Waals surface area contributed by atoms with Gasteiger partial charge in [-0.05, 0) is 30.5 Å². The van der Waals surface area contributed by atoms with Gasteiger partial charge in [0.15, 0.2) is 0 Å². The second-order valence-electron chi connectivity index (χ2n) is 3.58. The fourth-order valence-corrected chi connectivity index (χ4v) is 1.56. The molecule has 0 saturated carbocycles. The highest BCUT2D eigenvalue weighted by Gasteiger charge is 2.03. The molecule has 0 heterocycles. The van der Waals surface area contributed by atoms with Gasteiger partial charge in [-0.15, -0.1) is 11.6 Å². The number of rotatable bonds is 4. The number of benzene rings is 1. The maximum atomic E-state index is 11.4. The van der Waals surface area contributed by atoms with E-state index in [0.29, 0.717) is 12.3 Å². The zero-order chi connectivity index (χ0) is 11.3. The molecular formula is C12H16ClNO. The van der Waals surface area contributed by atoms with Crippen LogP contribution in [0.5, 0.6) is 0 Å². The molecule has 0 saturated heterocycles. The van der Waals surface area contributed by atoms with Crippen LogP contribution in [-0.2, 0) is 10.7 Å². The molecule has 1 aromatic carbocycles. The lowest BCUT2D eigenvalue weighted by Crippen LogP contribution is -2.11. The summed E-state index contributed by atoms with van der Waals surface area (Å²) in [4.78, 5) is 11.4. The van der Waals surface area contributed by atoms with Crippen molar-refractivity contribution < 1.29 is 4.79 Å². The predicted octanol–water partition coefficient (Wildman–Crippen LogP) is 3.47. The van der Waals surface area contributed by atoms with E-state index in [4.69, 9.17) is 11.6 Å². The molecule has 0 spiro atoms. The van der Waals surface area contributed by atoms with Crippen molar-refractivity contribution in [1.82, 2.24) is 0 Å². The molecule has 1 rings (SSSR count). The SMILES string of the molecule is CCCC(=O)Nc1ccc(CCl)cc1C. The third-order valence-corrected chi connectivity index (χ3v) is 2.50. The lowest BCUT2D eigenvalue weighted by molar-refractivity contribution is -0.116. The summed E-state index contributed by atoms with van der Waals surface area (Å²) in [6.07, 6.45) is 1.43. The molecule has 0 aromatic heterocycles. The standard InChI is InChI=1S/C12H16ClNO/c1-3-4-12(15)14-11-6-5-10(8-13)7-9(11)2/h5-7H,3-4,8H2,1-2H3,(H,14,15). The summed E-state index contributed by atoms with van der Waals surface area (Å²) in [6.45, 7) is 3.96. The minimum Gasteiger partial charge on any atom is -0.326 e. The van der Waals surface area contributed by atoms with Crippen LogP contribution in [0.25, 0.3) is 0 Å². The van der Waals surface area contributed by atoms with E-state index in [1.807, 2.05) is 32.0 Å². The number of aryl methyl sites for hydroxylation is 1. The minimum atomic E-state index is 0.0687. The van der Waals surface area contributed by atoms with Crippen LogP contribution in [0, 0.1) is 6.92 Å². The van der Waals surface area contributed by atoms with E-state index in [-0.39, 0.29) is 5.91 Å². The molecule has 0 aliphatic heterocycles. The minimum absolute atomic E-state index is 0.0687. The summed E-state index contributed by atoms with van der Waals surface area (Å²) in [5.41, 5.74) is 3.00. The molecule has 1 aromatic rings. The largest absolute Gasteiger partial charge is 0.326 e. The zero-order valence-electron chi connectivity index (χ0n) is 9.14. The maximum Gasteiger partial charge on any atom is 0.224 e. The summed E-state index contributed by atoms with van der Waals surface area (Å²) in [6, 6.07) is 5.83. The quantitative estimate of drug-likeness (QED) is 0.782. The second-order valence-corrected chi connectivity index (χ2v) is 3.85. The normalized spacial score (nSPS) is 10.1. The third kappa shape index (κ3) is 3.56. The Balaban J connectivity index is 2.73. The Labute approximate surface area is 95.6 Å². The monoisotopic (exact) mass is 225 g/mol. The van der Waals surface area contributed by atoms with Crippen LogP contribution < -0.4 is 5.32 Å². The summed E-state index contributed by atoms with van der Waals surface area (Å²) in [5.74, 6) is 0.573. The maximum absolute atomic E-state index is 11.4. The number of alkyl halides is 1. The molecule has 82 valence electrons. The molecule has 0 unspecified atom stereocenters. The average molecular weight is 226 g/mol. The van der Waals surface area contributed by atoms with Crippen molar-refractivity contribution in [2.75, 3.05) is 5.32 Å². The van der Waals surface area contributed by atoms with E-state index in [0.717, 1.165) is 23.2 Å². The summed E-state index contributed by atoms with van der Waals surface area (Å²) in [5, 5.41) is 2.88. The molecule has 2 nitrogen and oxygen atoms in total. The van der Waals surface area contributed by atoms with Crippen LogP contribution in [0.15, 0.2) is 18.2 Å². The highest BCUT2D eigenvalue weighted by atomic mass is 35.5. The van der Waals surface area contributed by atoms with Crippen molar-refractivity contribution in [3.05, 3.63) is 29.3 Å². The number of carbonyl (C=O) groups excluding carboxylic acids is 1. The molecular weight excluding hydrogens is 210 g/mol. The van der Waals surface area contributed by atoms with Crippen LogP contribution in [-0.4, -0.2) is 5.91 Å². The van der Waals surface area contributed by atoms with Crippen molar-refractivity contribution in [2.45, 2.75) is 32.6 Å². The van der Waals surface area contributed by atoms with Crippen LogP contribution in [0.3, 0.4) is 0 Å². The topological polar surface area (TPSA) is 29.1 Å².